The maximum absolute atomic E-state index is 13.2. The lowest BCUT2D eigenvalue weighted by molar-refractivity contribution is -0.139. The minimum absolute atomic E-state index is 0.0609. The molecule has 1 aliphatic rings. The van der Waals surface area contributed by atoms with Gasteiger partial charge in [-0.2, -0.15) is 13.2 Å². The molecule has 2 rings (SSSR count). The third kappa shape index (κ3) is 4.61. The molecule has 0 unspecified atom stereocenters. The average molecular weight is 354 g/mol. The lowest BCUT2D eigenvalue weighted by Gasteiger charge is -2.34. The van der Waals surface area contributed by atoms with E-state index in [1.165, 1.54) is 24.1 Å². The van der Waals surface area contributed by atoms with Crippen LogP contribution in [0.3, 0.4) is 0 Å². The molecule has 1 fully saturated rings. The molecular formula is C18H21F3N2O2. The SMILES string of the molecule is C=CC(=O)N(C)CC(=O)N1CCC(c2ccccc2C(F)(F)F)CC1. The fourth-order valence-corrected chi connectivity index (χ4v) is 3.09. The summed E-state index contributed by atoms with van der Waals surface area (Å²) >= 11 is 0. The molecule has 1 heterocycles. The monoisotopic (exact) mass is 354 g/mol. The van der Waals surface area contributed by atoms with Gasteiger partial charge in [0, 0.05) is 20.1 Å². The molecule has 0 bridgehead atoms. The van der Waals surface area contributed by atoms with Gasteiger partial charge in [-0.05, 0) is 36.5 Å². The van der Waals surface area contributed by atoms with E-state index < -0.39 is 11.7 Å². The molecule has 1 saturated heterocycles. The van der Waals surface area contributed by atoms with Gasteiger partial charge in [-0.25, -0.2) is 0 Å². The number of benzene rings is 1. The van der Waals surface area contributed by atoms with Crippen molar-refractivity contribution in [3.63, 3.8) is 0 Å². The van der Waals surface area contributed by atoms with Gasteiger partial charge in [0.2, 0.25) is 11.8 Å². The van der Waals surface area contributed by atoms with Crippen LogP contribution in [0.1, 0.15) is 29.9 Å². The van der Waals surface area contributed by atoms with Crippen LogP contribution in [0.15, 0.2) is 36.9 Å². The summed E-state index contributed by atoms with van der Waals surface area (Å²) in [7, 11) is 1.51. The van der Waals surface area contributed by atoms with Gasteiger partial charge < -0.3 is 9.80 Å². The Morgan fingerprint density at radius 1 is 1.28 bits per heavy atom. The highest BCUT2D eigenvalue weighted by Crippen LogP contribution is 2.38. The van der Waals surface area contributed by atoms with Gasteiger partial charge in [-0.1, -0.05) is 24.8 Å². The summed E-state index contributed by atoms with van der Waals surface area (Å²) < 4.78 is 39.5. The van der Waals surface area contributed by atoms with Gasteiger partial charge in [0.25, 0.3) is 0 Å². The van der Waals surface area contributed by atoms with Gasteiger partial charge >= 0.3 is 6.18 Å². The second kappa shape index (κ2) is 7.72. The van der Waals surface area contributed by atoms with E-state index in [0.29, 0.717) is 31.5 Å². The number of likely N-dealkylation sites (tertiary alicyclic amines) is 1. The van der Waals surface area contributed by atoms with Crippen LogP contribution in [0, 0.1) is 0 Å². The van der Waals surface area contributed by atoms with E-state index in [9.17, 15) is 22.8 Å². The molecule has 2 amide bonds. The summed E-state index contributed by atoms with van der Waals surface area (Å²) in [6.45, 7) is 4.07. The minimum Gasteiger partial charge on any atom is -0.341 e. The predicted octanol–water partition coefficient (Wildman–Crippen LogP) is 3.06. The summed E-state index contributed by atoms with van der Waals surface area (Å²) in [6, 6.07) is 5.61. The van der Waals surface area contributed by atoms with Crippen LogP contribution < -0.4 is 0 Å². The average Bonchev–Trinajstić information content (AvgIpc) is 2.60. The maximum atomic E-state index is 13.2. The Labute approximate surface area is 144 Å². The molecule has 136 valence electrons. The fraction of sp³-hybridized carbons (Fsp3) is 0.444. The number of carbonyl (C=O) groups is 2. The van der Waals surface area contributed by atoms with Gasteiger partial charge in [-0.15, -0.1) is 0 Å². The molecule has 0 radical (unpaired) electrons. The summed E-state index contributed by atoms with van der Waals surface area (Å²) in [5, 5.41) is 0. The zero-order chi connectivity index (χ0) is 18.6. The maximum Gasteiger partial charge on any atom is 0.416 e. The van der Waals surface area contributed by atoms with E-state index in [4.69, 9.17) is 0 Å². The molecule has 0 atom stereocenters. The van der Waals surface area contributed by atoms with Gasteiger partial charge in [0.05, 0.1) is 12.1 Å². The molecular weight excluding hydrogens is 333 g/mol. The van der Waals surface area contributed by atoms with Crippen molar-refractivity contribution in [1.82, 2.24) is 9.80 Å². The van der Waals surface area contributed by atoms with E-state index in [1.54, 1.807) is 11.0 Å². The van der Waals surface area contributed by atoms with Crippen LogP contribution in [0.2, 0.25) is 0 Å². The van der Waals surface area contributed by atoms with Crippen LogP contribution in [0.5, 0.6) is 0 Å². The lowest BCUT2D eigenvalue weighted by Crippen LogP contribution is -2.44. The number of hydrogen-bond acceptors (Lipinski definition) is 2. The first-order valence-corrected chi connectivity index (χ1v) is 8.05. The Balaban J connectivity index is 2.00. The first kappa shape index (κ1) is 19.0. The molecule has 0 N–H and O–H groups in total. The molecule has 0 aliphatic carbocycles. The summed E-state index contributed by atoms with van der Waals surface area (Å²) in [5.74, 6) is -0.781. The number of hydrogen-bond donors (Lipinski definition) is 0. The number of amides is 2. The Hall–Kier alpha value is -2.31. The highest BCUT2D eigenvalue weighted by molar-refractivity contribution is 5.90. The smallest absolute Gasteiger partial charge is 0.341 e. The van der Waals surface area contributed by atoms with Crippen molar-refractivity contribution in [1.29, 1.82) is 0 Å². The van der Waals surface area contributed by atoms with E-state index in [0.717, 1.165) is 12.1 Å². The van der Waals surface area contributed by atoms with Crippen molar-refractivity contribution in [3.05, 3.63) is 48.0 Å². The minimum atomic E-state index is -4.38. The fourth-order valence-electron chi connectivity index (χ4n) is 3.09. The molecule has 4 nitrogen and oxygen atoms in total. The second-order valence-corrected chi connectivity index (χ2v) is 6.14. The standard InChI is InChI=1S/C18H21F3N2O2/c1-3-16(24)22(2)12-17(25)23-10-8-13(9-11-23)14-6-4-5-7-15(14)18(19,20)21/h3-7,13H,1,8-12H2,2H3. The van der Waals surface area contributed by atoms with Crippen LogP contribution in [0.4, 0.5) is 13.2 Å². The zero-order valence-corrected chi connectivity index (χ0v) is 14.1. The molecule has 1 aromatic carbocycles. The zero-order valence-electron chi connectivity index (χ0n) is 14.1. The number of nitrogens with zero attached hydrogens (tertiary/aromatic N) is 2. The van der Waals surface area contributed by atoms with Crippen molar-refractivity contribution in [2.45, 2.75) is 24.9 Å². The Morgan fingerprint density at radius 2 is 1.88 bits per heavy atom. The normalized spacial score (nSPS) is 15.8. The van der Waals surface area contributed by atoms with Crippen LogP contribution in [0.25, 0.3) is 0 Å². The van der Waals surface area contributed by atoms with Crippen molar-refractivity contribution in [2.24, 2.45) is 0 Å². The highest BCUT2D eigenvalue weighted by Gasteiger charge is 2.36. The largest absolute Gasteiger partial charge is 0.416 e. The Kier molecular flexibility index (Phi) is 5.87. The lowest BCUT2D eigenvalue weighted by atomic mass is 9.86. The number of rotatable bonds is 4. The molecule has 0 aromatic heterocycles. The van der Waals surface area contributed by atoms with Crippen LogP contribution in [-0.4, -0.2) is 48.3 Å². The van der Waals surface area contributed by atoms with Gasteiger partial charge in [0.15, 0.2) is 0 Å². The molecule has 7 heteroatoms. The number of alkyl halides is 3. The number of piperidine rings is 1. The van der Waals surface area contributed by atoms with Crippen molar-refractivity contribution in [3.8, 4) is 0 Å². The van der Waals surface area contributed by atoms with Gasteiger partial charge in [-0.3, -0.25) is 9.59 Å². The van der Waals surface area contributed by atoms with Crippen molar-refractivity contribution < 1.29 is 22.8 Å². The van der Waals surface area contributed by atoms with Crippen LogP contribution in [-0.2, 0) is 15.8 Å². The first-order valence-electron chi connectivity index (χ1n) is 8.05. The Bertz CT molecular complexity index is 650. The third-order valence-corrected chi connectivity index (χ3v) is 4.48. The first-order chi connectivity index (χ1) is 11.7. The van der Waals surface area contributed by atoms with E-state index in [2.05, 4.69) is 6.58 Å². The summed E-state index contributed by atoms with van der Waals surface area (Å²) in [4.78, 5) is 26.5. The molecule has 1 aliphatic heterocycles. The third-order valence-electron chi connectivity index (χ3n) is 4.48. The van der Waals surface area contributed by atoms with Crippen LogP contribution >= 0.6 is 0 Å². The molecule has 25 heavy (non-hydrogen) atoms. The highest BCUT2D eigenvalue weighted by atomic mass is 19.4. The summed E-state index contributed by atoms with van der Waals surface area (Å²) in [6.07, 6.45) is -2.30. The Morgan fingerprint density at radius 3 is 2.44 bits per heavy atom. The quantitative estimate of drug-likeness (QED) is 0.780. The number of likely N-dealkylation sites (N-methyl/N-ethyl adjacent to an activating group) is 1. The number of carbonyl (C=O) groups excluding carboxylic acids is 2. The molecule has 0 saturated carbocycles. The van der Waals surface area contributed by atoms with E-state index >= 15 is 0 Å². The van der Waals surface area contributed by atoms with Gasteiger partial charge in [0.1, 0.15) is 0 Å². The molecule has 1 aromatic rings. The van der Waals surface area contributed by atoms with Crippen molar-refractivity contribution in [2.75, 3.05) is 26.7 Å². The number of halogens is 3. The summed E-state index contributed by atoms with van der Waals surface area (Å²) in [5.41, 5.74) is -0.308. The van der Waals surface area contributed by atoms with Crippen molar-refractivity contribution >= 4 is 11.8 Å². The second-order valence-electron chi connectivity index (χ2n) is 6.14. The topological polar surface area (TPSA) is 40.6 Å². The van der Waals surface area contributed by atoms with E-state index in [1.807, 2.05) is 0 Å². The van der Waals surface area contributed by atoms with E-state index in [-0.39, 0.29) is 24.3 Å². The molecule has 0 spiro atoms. The predicted molar refractivity (Wildman–Crippen MR) is 87.8 cm³/mol.